The Hall–Kier alpha value is -3.16. The van der Waals surface area contributed by atoms with Crippen molar-refractivity contribution in [2.24, 2.45) is 0 Å². The fraction of sp³-hybridized carbons (Fsp3) is 0.545. The number of carboxylic acids is 1. The molecule has 0 unspecified atom stereocenters. The Morgan fingerprint density at radius 2 is 1.50 bits per heavy atom. The van der Waals surface area contributed by atoms with Gasteiger partial charge in [-0.25, -0.2) is 9.48 Å². The molecule has 0 radical (unpaired) electrons. The number of carbonyl (C=O) groups excluding carboxylic acids is 1. The monoisotopic (exact) mass is 521 g/mol. The van der Waals surface area contributed by atoms with E-state index in [1.54, 1.807) is 4.90 Å². The average molecular weight is 521 g/mol. The number of carboxylic acid groups (broad SMARTS) is 1. The smallest absolute Gasteiger partial charge is 0.475 e. The zero-order valence-corrected chi connectivity index (χ0v) is 19.1. The van der Waals surface area contributed by atoms with Crippen LogP contribution in [0.2, 0.25) is 0 Å². The zero-order chi connectivity index (χ0) is 26.5. The molecule has 2 aliphatic heterocycles. The van der Waals surface area contributed by atoms with Gasteiger partial charge in [0.05, 0.1) is 17.8 Å². The van der Waals surface area contributed by atoms with Crippen LogP contribution in [0.1, 0.15) is 53.0 Å². The second kappa shape index (κ2) is 11.3. The second-order valence-electron chi connectivity index (χ2n) is 8.50. The molecule has 1 amide bonds. The fourth-order valence-electron chi connectivity index (χ4n) is 4.00. The number of hydrogen-bond donors (Lipinski definition) is 1. The first-order valence-electron chi connectivity index (χ1n) is 11.3. The van der Waals surface area contributed by atoms with Gasteiger partial charge >= 0.3 is 18.3 Å². The number of carbonyl (C=O) groups is 2. The molecule has 36 heavy (non-hydrogen) atoms. The Morgan fingerprint density at radius 1 is 0.889 bits per heavy atom. The Balaban J connectivity index is 0.000000454. The number of benzene rings is 1. The van der Waals surface area contributed by atoms with E-state index < -0.39 is 23.9 Å². The lowest BCUT2D eigenvalue weighted by atomic mass is 10.1. The highest BCUT2D eigenvalue weighted by Crippen LogP contribution is 2.29. The standard InChI is InChI=1S/C20H24F3N5O.C2HF3O2/c21-20(22,23)16-7-5-15(6-8-16)19(29)27-11-4-12-28-18(14-27)17(24-25-28)13-26-9-2-1-3-10-26;3-2(4,5)1(6)7/h5-8H,1-4,9-14H2;(H,6,7). The number of piperidine rings is 1. The normalized spacial score (nSPS) is 17.0. The van der Waals surface area contributed by atoms with Crippen molar-refractivity contribution in [1.82, 2.24) is 24.8 Å². The van der Waals surface area contributed by atoms with Gasteiger partial charge in [0.25, 0.3) is 5.91 Å². The van der Waals surface area contributed by atoms with Crippen molar-refractivity contribution in [3.8, 4) is 0 Å². The Labute approximate surface area is 202 Å². The third-order valence-corrected chi connectivity index (χ3v) is 5.87. The maximum atomic E-state index is 12.9. The van der Waals surface area contributed by atoms with E-state index in [-0.39, 0.29) is 11.5 Å². The first-order chi connectivity index (χ1) is 16.9. The van der Waals surface area contributed by atoms with E-state index >= 15 is 0 Å². The maximum Gasteiger partial charge on any atom is 0.490 e. The minimum Gasteiger partial charge on any atom is -0.475 e. The van der Waals surface area contributed by atoms with Gasteiger partial charge in [-0.15, -0.1) is 5.10 Å². The molecule has 0 atom stereocenters. The summed E-state index contributed by atoms with van der Waals surface area (Å²) < 4.78 is 71.9. The van der Waals surface area contributed by atoms with Crippen molar-refractivity contribution in [1.29, 1.82) is 0 Å². The van der Waals surface area contributed by atoms with Crippen LogP contribution in [0.5, 0.6) is 0 Å². The summed E-state index contributed by atoms with van der Waals surface area (Å²) >= 11 is 0. The predicted molar refractivity (Wildman–Crippen MR) is 114 cm³/mol. The molecule has 0 spiro atoms. The van der Waals surface area contributed by atoms with E-state index in [1.807, 2.05) is 4.68 Å². The molecule has 0 aliphatic carbocycles. The summed E-state index contributed by atoms with van der Waals surface area (Å²) in [7, 11) is 0. The number of hydrogen-bond acceptors (Lipinski definition) is 5. The van der Waals surface area contributed by atoms with Gasteiger partial charge in [0.15, 0.2) is 0 Å². The van der Waals surface area contributed by atoms with E-state index in [4.69, 9.17) is 9.90 Å². The second-order valence-corrected chi connectivity index (χ2v) is 8.50. The highest BCUT2D eigenvalue weighted by atomic mass is 19.4. The van der Waals surface area contributed by atoms with E-state index in [9.17, 15) is 31.1 Å². The van der Waals surface area contributed by atoms with Gasteiger partial charge in [0.1, 0.15) is 5.69 Å². The number of nitrogens with zero attached hydrogens (tertiary/aromatic N) is 5. The van der Waals surface area contributed by atoms with Crippen molar-refractivity contribution >= 4 is 11.9 Å². The molecule has 8 nitrogen and oxygen atoms in total. The van der Waals surface area contributed by atoms with Crippen molar-refractivity contribution < 1.29 is 41.0 Å². The summed E-state index contributed by atoms with van der Waals surface area (Å²) in [4.78, 5) is 25.9. The molecule has 1 saturated heterocycles. The van der Waals surface area contributed by atoms with Crippen LogP contribution in [0.3, 0.4) is 0 Å². The number of aliphatic carboxylic acids is 1. The van der Waals surface area contributed by atoms with Gasteiger partial charge in [-0.05, 0) is 56.6 Å². The number of likely N-dealkylation sites (tertiary alicyclic amines) is 1. The summed E-state index contributed by atoms with van der Waals surface area (Å²) in [6, 6.07) is 4.41. The number of alkyl halides is 6. The Bertz CT molecular complexity index is 1050. The van der Waals surface area contributed by atoms with Gasteiger partial charge in [0, 0.05) is 25.2 Å². The number of fused-ring (bicyclic) bond motifs is 1. The highest BCUT2D eigenvalue weighted by Gasteiger charge is 2.38. The van der Waals surface area contributed by atoms with Crippen LogP contribution >= 0.6 is 0 Å². The lowest BCUT2D eigenvalue weighted by Gasteiger charge is -2.26. The molecule has 4 rings (SSSR count). The molecule has 1 N–H and O–H groups in total. The summed E-state index contributed by atoms with van der Waals surface area (Å²) in [6.45, 7) is 4.39. The van der Waals surface area contributed by atoms with Crippen molar-refractivity contribution in [2.45, 2.75) is 57.7 Å². The van der Waals surface area contributed by atoms with E-state index in [2.05, 4.69) is 15.2 Å². The summed E-state index contributed by atoms with van der Waals surface area (Å²) in [5.41, 5.74) is 1.32. The quantitative estimate of drug-likeness (QED) is 0.615. The fourth-order valence-corrected chi connectivity index (χ4v) is 4.00. The van der Waals surface area contributed by atoms with E-state index in [1.165, 1.54) is 31.4 Å². The molecule has 3 heterocycles. The average Bonchev–Trinajstić information content (AvgIpc) is 3.05. The van der Waals surface area contributed by atoms with Crippen LogP contribution in [0.25, 0.3) is 0 Å². The van der Waals surface area contributed by atoms with Gasteiger partial charge in [-0.1, -0.05) is 11.6 Å². The third kappa shape index (κ3) is 7.18. The van der Waals surface area contributed by atoms with Crippen molar-refractivity contribution in [3.63, 3.8) is 0 Å². The third-order valence-electron chi connectivity index (χ3n) is 5.87. The zero-order valence-electron chi connectivity index (χ0n) is 19.1. The molecule has 0 saturated carbocycles. The van der Waals surface area contributed by atoms with Crippen LogP contribution < -0.4 is 0 Å². The van der Waals surface area contributed by atoms with Gasteiger partial charge < -0.3 is 10.0 Å². The highest BCUT2D eigenvalue weighted by molar-refractivity contribution is 5.94. The SMILES string of the molecule is O=C(O)C(F)(F)F.O=C(c1ccc(C(F)(F)F)cc1)N1CCCn2nnc(CN3CCCCC3)c2C1. The summed E-state index contributed by atoms with van der Waals surface area (Å²) in [5, 5.41) is 15.7. The number of halogens is 6. The molecular formula is C22H25F6N5O3. The minimum absolute atomic E-state index is 0.261. The van der Waals surface area contributed by atoms with Crippen LogP contribution in [-0.2, 0) is 30.6 Å². The topological polar surface area (TPSA) is 91.6 Å². The van der Waals surface area contributed by atoms with Crippen LogP contribution in [0.4, 0.5) is 26.3 Å². The number of rotatable bonds is 3. The molecule has 2 aliphatic rings. The molecule has 14 heteroatoms. The van der Waals surface area contributed by atoms with Crippen molar-refractivity contribution in [3.05, 3.63) is 46.8 Å². The lowest BCUT2D eigenvalue weighted by molar-refractivity contribution is -0.192. The van der Waals surface area contributed by atoms with Crippen LogP contribution in [-0.4, -0.2) is 67.6 Å². The minimum atomic E-state index is -5.08. The lowest BCUT2D eigenvalue weighted by Crippen LogP contribution is -2.32. The first-order valence-corrected chi connectivity index (χ1v) is 11.3. The molecule has 198 valence electrons. The van der Waals surface area contributed by atoms with Crippen LogP contribution in [0, 0.1) is 0 Å². The molecular weight excluding hydrogens is 496 g/mol. The molecule has 0 bridgehead atoms. The van der Waals surface area contributed by atoms with Gasteiger partial charge in [-0.2, -0.15) is 26.3 Å². The Kier molecular flexibility index (Phi) is 8.59. The summed E-state index contributed by atoms with van der Waals surface area (Å²) in [5.74, 6) is -3.02. The predicted octanol–water partition coefficient (Wildman–Crippen LogP) is 3.96. The molecule has 1 aromatic carbocycles. The van der Waals surface area contributed by atoms with E-state index in [0.717, 1.165) is 49.6 Å². The maximum absolute atomic E-state index is 12.9. The molecule has 1 aromatic heterocycles. The molecule has 2 aromatic rings. The largest absolute Gasteiger partial charge is 0.490 e. The van der Waals surface area contributed by atoms with Crippen molar-refractivity contribution in [2.75, 3.05) is 19.6 Å². The first kappa shape index (κ1) is 27.4. The summed E-state index contributed by atoms with van der Waals surface area (Å²) in [6.07, 6.45) is -5.15. The van der Waals surface area contributed by atoms with Gasteiger partial charge in [0.2, 0.25) is 0 Å². The number of aryl methyl sites for hydroxylation is 1. The number of amides is 1. The molecule has 1 fully saturated rings. The number of aromatic nitrogens is 3. The Morgan fingerprint density at radius 3 is 2.06 bits per heavy atom. The van der Waals surface area contributed by atoms with Gasteiger partial charge in [-0.3, -0.25) is 9.69 Å². The van der Waals surface area contributed by atoms with E-state index in [0.29, 0.717) is 19.6 Å². The van der Waals surface area contributed by atoms with Crippen LogP contribution in [0.15, 0.2) is 24.3 Å².